The smallest absolute Gasteiger partial charge is 0.254 e. The molecule has 0 radical (unpaired) electrons. The van der Waals surface area contributed by atoms with Gasteiger partial charge in [-0.05, 0) is 82.7 Å². The maximum atomic E-state index is 13.2. The predicted molar refractivity (Wildman–Crippen MR) is 176 cm³/mol. The minimum atomic E-state index is -0.403. The van der Waals surface area contributed by atoms with Gasteiger partial charge < -0.3 is 20.1 Å². The van der Waals surface area contributed by atoms with Crippen LogP contribution in [-0.4, -0.2) is 95.2 Å². The van der Waals surface area contributed by atoms with Gasteiger partial charge in [-0.15, -0.1) is 0 Å². The number of ether oxygens (including phenoxy) is 1. The van der Waals surface area contributed by atoms with Gasteiger partial charge in [0.1, 0.15) is 6.61 Å². The molecule has 3 aliphatic rings. The summed E-state index contributed by atoms with van der Waals surface area (Å²) in [6.45, 7) is 8.42. The number of aliphatic hydroxyl groups is 1. The Bertz CT molecular complexity index is 1750. The molecule has 1 saturated heterocycles. The van der Waals surface area contributed by atoms with Crippen LogP contribution in [0.4, 0.5) is 5.82 Å². The molecule has 0 spiro atoms. The van der Waals surface area contributed by atoms with Crippen LogP contribution < -0.4 is 5.32 Å². The Balaban J connectivity index is 0.902. The maximum Gasteiger partial charge on any atom is 0.254 e. The molecule has 47 heavy (non-hydrogen) atoms. The summed E-state index contributed by atoms with van der Waals surface area (Å²) < 4.78 is 7.55. The van der Waals surface area contributed by atoms with Gasteiger partial charge in [-0.2, -0.15) is 5.10 Å². The zero-order valence-electron chi connectivity index (χ0n) is 27.2. The highest BCUT2D eigenvalue weighted by Gasteiger charge is 2.41. The normalized spacial score (nSPS) is 24.8. The van der Waals surface area contributed by atoms with Crippen molar-refractivity contribution >= 4 is 23.1 Å². The lowest BCUT2D eigenvalue weighted by Gasteiger charge is -2.49. The molecule has 1 aliphatic heterocycles. The third-order valence-electron chi connectivity index (χ3n) is 9.84. The highest BCUT2D eigenvalue weighted by molar-refractivity contribution is 5.94. The Morgan fingerprint density at radius 3 is 2.49 bits per heavy atom. The number of hydrogen-bond donors (Lipinski definition) is 2. The number of aryl methyl sites for hydroxylation is 2. The lowest BCUT2D eigenvalue weighted by molar-refractivity contribution is -0.125. The molecule has 4 aromatic rings. The summed E-state index contributed by atoms with van der Waals surface area (Å²) in [4.78, 5) is 44.0. The van der Waals surface area contributed by atoms with Crippen molar-refractivity contribution in [2.75, 3.05) is 25.0 Å². The molecule has 4 aromatic heterocycles. The highest BCUT2D eigenvalue weighted by Crippen LogP contribution is 2.35. The summed E-state index contributed by atoms with van der Waals surface area (Å²) in [7, 11) is 0. The molecule has 2 aliphatic carbocycles. The number of rotatable bonds is 8. The second kappa shape index (κ2) is 13.1. The highest BCUT2D eigenvalue weighted by atomic mass is 16.5. The number of hydrogen-bond acceptors (Lipinski definition) is 9. The van der Waals surface area contributed by atoms with E-state index in [4.69, 9.17) is 4.74 Å². The van der Waals surface area contributed by atoms with Crippen LogP contribution >= 0.6 is 0 Å². The summed E-state index contributed by atoms with van der Waals surface area (Å²) in [6, 6.07) is 10.1. The molecular formula is C35H42N8O4. The first-order valence-corrected chi connectivity index (χ1v) is 16.6. The number of nitrogens with zero attached hydrogens (tertiary/aromatic N) is 7. The van der Waals surface area contributed by atoms with Crippen LogP contribution in [-0.2, 0) is 16.1 Å². The largest absolute Gasteiger partial charge is 0.390 e. The van der Waals surface area contributed by atoms with Crippen molar-refractivity contribution in [2.24, 2.45) is 5.92 Å². The molecule has 2 amide bonds. The number of aromatic nitrogens is 5. The minimum absolute atomic E-state index is 0.00824. The summed E-state index contributed by atoms with van der Waals surface area (Å²) in [6.07, 6.45) is 9.09. The zero-order chi connectivity index (χ0) is 32.7. The summed E-state index contributed by atoms with van der Waals surface area (Å²) >= 11 is 0. The van der Waals surface area contributed by atoms with Gasteiger partial charge in [-0.25, -0.2) is 14.5 Å². The van der Waals surface area contributed by atoms with Crippen LogP contribution in [0.1, 0.15) is 66.6 Å². The van der Waals surface area contributed by atoms with E-state index in [9.17, 15) is 14.7 Å². The average Bonchev–Trinajstić information content (AvgIpc) is 3.63. The van der Waals surface area contributed by atoms with Gasteiger partial charge in [-0.3, -0.25) is 19.5 Å². The number of amides is 2. The van der Waals surface area contributed by atoms with Gasteiger partial charge in [-0.1, -0.05) is 0 Å². The number of nitrogens with one attached hydrogen (secondary N) is 1. The molecule has 7 rings (SSSR count). The van der Waals surface area contributed by atoms with Gasteiger partial charge in [0.2, 0.25) is 5.91 Å². The first-order valence-electron chi connectivity index (χ1n) is 16.6. The molecule has 12 nitrogen and oxygen atoms in total. The minimum Gasteiger partial charge on any atom is -0.390 e. The Labute approximate surface area is 274 Å². The van der Waals surface area contributed by atoms with Crippen LogP contribution in [0.15, 0.2) is 48.9 Å². The van der Waals surface area contributed by atoms with Gasteiger partial charge in [0.15, 0.2) is 11.6 Å². The Morgan fingerprint density at radius 2 is 1.79 bits per heavy atom. The maximum absolute atomic E-state index is 13.2. The SMILES string of the molecule is Cc1cc(C(=O)N2CCN([C@H]3C[C@@H](C(=O)Nc4cc5cc(-c6cnc(CO[C@H]7CCC[C@@H]7O)nc6)ccn5n4)C3)[C@@H](C)C2)cc(C)n1. The molecule has 3 atom stereocenters. The molecule has 12 heteroatoms. The quantitative estimate of drug-likeness (QED) is 0.295. The standard InChI is InChI=1S/C35H42N8O4/c1-21-11-26(12-22(2)38-21)35(46)41-9-10-42(23(3)19-41)28-14-25(15-28)34(45)39-32-16-29-13-24(7-8-43(29)40-32)27-17-36-33(37-18-27)20-47-31-6-4-5-30(31)44/h7-8,11-13,16-18,23,25,28,30-31,44H,4-6,9-10,14-15,19-20H2,1-3H3,(H,39,40,45)/t23-,25-,28+,30-,31-/m0/s1. The Morgan fingerprint density at radius 1 is 1.02 bits per heavy atom. The Kier molecular flexibility index (Phi) is 8.73. The zero-order valence-corrected chi connectivity index (χ0v) is 27.2. The van der Waals surface area contributed by atoms with E-state index in [1.165, 1.54) is 0 Å². The van der Waals surface area contributed by atoms with Crippen molar-refractivity contribution in [3.63, 3.8) is 0 Å². The van der Waals surface area contributed by atoms with Crippen LogP contribution in [0.5, 0.6) is 0 Å². The molecular weight excluding hydrogens is 596 g/mol. The lowest BCUT2D eigenvalue weighted by atomic mass is 9.78. The van der Waals surface area contributed by atoms with E-state index < -0.39 is 6.10 Å². The molecule has 0 aromatic carbocycles. The third kappa shape index (κ3) is 6.76. The van der Waals surface area contributed by atoms with E-state index in [2.05, 4.69) is 37.2 Å². The number of piperazine rings is 1. The van der Waals surface area contributed by atoms with Crippen LogP contribution in [0.3, 0.4) is 0 Å². The van der Waals surface area contributed by atoms with Crippen LogP contribution in [0.25, 0.3) is 16.6 Å². The van der Waals surface area contributed by atoms with E-state index in [-0.39, 0.29) is 36.5 Å². The van der Waals surface area contributed by atoms with Gasteiger partial charge in [0.25, 0.3) is 5.91 Å². The lowest BCUT2D eigenvalue weighted by Crippen LogP contribution is -2.60. The van der Waals surface area contributed by atoms with Crippen molar-refractivity contribution < 1.29 is 19.4 Å². The van der Waals surface area contributed by atoms with Gasteiger partial charge >= 0.3 is 0 Å². The monoisotopic (exact) mass is 638 g/mol. The fourth-order valence-electron chi connectivity index (χ4n) is 7.24. The molecule has 3 fully saturated rings. The number of carbonyl (C=O) groups is 2. The van der Waals surface area contributed by atoms with E-state index in [1.54, 1.807) is 16.9 Å². The fourth-order valence-corrected chi connectivity index (χ4v) is 7.24. The summed E-state index contributed by atoms with van der Waals surface area (Å²) in [5.41, 5.74) is 5.07. The van der Waals surface area contributed by atoms with Crippen molar-refractivity contribution in [3.05, 3.63) is 71.7 Å². The number of aliphatic hydroxyl groups excluding tert-OH is 1. The predicted octanol–water partition coefficient (Wildman–Crippen LogP) is 3.80. The summed E-state index contributed by atoms with van der Waals surface area (Å²) in [5.74, 6) is 1.09. The number of fused-ring (bicyclic) bond motifs is 1. The second-order valence-electron chi connectivity index (χ2n) is 13.3. The van der Waals surface area contributed by atoms with Crippen molar-refractivity contribution in [2.45, 2.75) is 83.8 Å². The molecule has 2 saturated carbocycles. The van der Waals surface area contributed by atoms with Crippen molar-refractivity contribution in [1.29, 1.82) is 0 Å². The fraction of sp³-hybridized carbons (Fsp3) is 0.486. The van der Waals surface area contributed by atoms with Gasteiger partial charge in [0.05, 0.1) is 17.7 Å². The average molecular weight is 639 g/mol. The molecule has 0 bridgehead atoms. The molecule has 2 N–H and O–H groups in total. The van der Waals surface area contributed by atoms with Crippen molar-refractivity contribution in [1.82, 2.24) is 34.4 Å². The number of carbonyl (C=O) groups excluding carboxylic acids is 2. The number of pyridine rings is 2. The van der Waals surface area contributed by atoms with E-state index in [0.29, 0.717) is 36.3 Å². The van der Waals surface area contributed by atoms with Crippen molar-refractivity contribution in [3.8, 4) is 11.1 Å². The molecule has 0 unspecified atom stereocenters. The summed E-state index contributed by atoms with van der Waals surface area (Å²) in [5, 5.41) is 17.5. The van der Waals surface area contributed by atoms with Gasteiger partial charge in [0, 0.05) is 84.8 Å². The molecule has 5 heterocycles. The second-order valence-corrected chi connectivity index (χ2v) is 13.3. The van der Waals surface area contributed by atoms with Crippen LogP contribution in [0, 0.1) is 19.8 Å². The number of anilines is 1. The van der Waals surface area contributed by atoms with Crippen LogP contribution in [0.2, 0.25) is 0 Å². The topological polar surface area (TPSA) is 138 Å². The first kappa shape index (κ1) is 31.3. The Hall–Kier alpha value is -4.26. The molecule has 246 valence electrons. The first-order chi connectivity index (χ1) is 22.7. The van der Waals surface area contributed by atoms with E-state index in [0.717, 1.165) is 66.7 Å². The van der Waals surface area contributed by atoms with E-state index >= 15 is 0 Å². The van der Waals surface area contributed by atoms with E-state index in [1.807, 2.05) is 55.3 Å². The third-order valence-corrected chi connectivity index (χ3v) is 9.84.